The van der Waals surface area contributed by atoms with E-state index in [0.29, 0.717) is 6.42 Å². The van der Waals surface area contributed by atoms with Crippen molar-refractivity contribution in [3.63, 3.8) is 0 Å². The summed E-state index contributed by atoms with van der Waals surface area (Å²) in [5.41, 5.74) is 1.25. The van der Waals surface area contributed by atoms with Gasteiger partial charge < -0.3 is 15.1 Å². The van der Waals surface area contributed by atoms with Crippen LogP contribution in [-0.2, 0) is 4.79 Å². The summed E-state index contributed by atoms with van der Waals surface area (Å²) in [6, 6.07) is 10.4. The highest BCUT2D eigenvalue weighted by Crippen LogP contribution is 2.15. The van der Waals surface area contributed by atoms with Crippen molar-refractivity contribution in [2.24, 2.45) is 0 Å². The van der Waals surface area contributed by atoms with Gasteiger partial charge in [0.1, 0.15) is 0 Å². The Morgan fingerprint density at radius 1 is 1.16 bits per heavy atom. The number of amides is 1. The number of hydrogen-bond donors (Lipinski definition) is 1. The lowest BCUT2D eigenvalue weighted by atomic mass is 10.2. The second kappa shape index (κ2) is 7.14. The van der Waals surface area contributed by atoms with Crippen LogP contribution in [-0.4, -0.2) is 50.1 Å². The number of rotatable bonds is 5. The molecule has 19 heavy (non-hydrogen) atoms. The van der Waals surface area contributed by atoms with E-state index in [9.17, 15) is 4.79 Å². The first-order valence-electron chi connectivity index (χ1n) is 7.09. The molecular formula is C15H23N3O. The first-order valence-corrected chi connectivity index (χ1v) is 7.09. The predicted octanol–water partition coefficient (Wildman–Crippen LogP) is 1.33. The van der Waals surface area contributed by atoms with Crippen molar-refractivity contribution < 1.29 is 4.79 Å². The molecule has 1 aromatic carbocycles. The maximum absolute atomic E-state index is 12.0. The van der Waals surface area contributed by atoms with Crippen LogP contribution in [0.3, 0.4) is 0 Å². The molecule has 0 spiro atoms. The van der Waals surface area contributed by atoms with Gasteiger partial charge >= 0.3 is 0 Å². The second-order valence-electron chi connectivity index (χ2n) is 4.81. The smallest absolute Gasteiger partial charge is 0.223 e. The van der Waals surface area contributed by atoms with E-state index in [0.717, 1.165) is 39.3 Å². The molecular weight excluding hydrogens is 238 g/mol. The Morgan fingerprint density at radius 2 is 1.84 bits per heavy atom. The minimum absolute atomic E-state index is 0.272. The highest BCUT2D eigenvalue weighted by molar-refractivity contribution is 5.76. The van der Waals surface area contributed by atoms with Crippen molar-refractivity contribution in [3.05, 3.63) is 30.3 Å². The Morgan fingerprint density at radius 3 is 2.47 bits per heavy atom. The van der Waals surface area contributed by atoms with Crippen LogP contribution >= 0.6 is 0 Å². The number of para-hydroxylation sites is 1. The summed E-state index contributed by atoms with van der Waals surface area (Å²) in [5.74, 6) is 0.272. The van der Waals surface area contributed by atoms with Gasteiger partial charge in [0.2, 0.25) is 5.91 Å². The molecule has 0 saturated carbocycles. The molecule has 0 bridgehead atoms. The minimum Gasteiger partial charge on any atom is -0.368 e. The average molecular weight is 261 g/mol. The van der Waals surface area contributed by atoms with Gasteiger partial charge in [-0.1, -0.05) is 25.1 Å². The van der Waals surface area contributed by atoms with Crippen LogP contribution in [0.15, 0.2) is 30.3 Å². The summed E-state index contributed by atoms with van der Waals surface area (Å²) in [5, 5.41) is 3.19. The average Bonchev–Trinajstić information content (AvgIpc) is 2.48. The SMILES string of the molecule is CCNCCC(=O)N1CCN(c2ccccc2)CC1. The molecule has 1 amide bonds. The van der Waals surface area contributed by atoms with Gasteiger partial charge in [-0.2, -0.15) is 0 Å². The second-order valence-corrected chi connectivity index (χ2v) is 4.81. The van der Waals surface area contributed by atoms with Gasteiger partial charge in [0.25, 0.3) is 0 Å². The molecule has 1 heterocycles. The van der Waals surface area contributed by atoms with Crippen LogP contribution < -0.4 is 10.2 Å². The number of hydrogen-bond acceptors (Lipinski definition) is 3. The summed E-state index contributed by atoms with van der Waals surface area (Å²) in [4.78, 5) is 16.3. The van der Waals surface area contributed by atoms with Gasteiger partial charge in [-0.05, 0) is 18.7 Å². The lowest BCUT2D eigenvalue weighted by molar-refractivity contribution is -0.131. The Hall–Kier alpha value is -1.55. The number of nitrogens with zero attached hydrogens (tertiary/aromatic N) is 2. The highest BCUT2D eigenvalue weighted by Gasteiger charge is 2.20. The molecule has 0 atom stereocenters. The molecule has 0 aromatic heterocycles. The fourth-order valence-electron chi connectivity index (χ4n) is 2.38. The maximum atomic E-state index is 12.0. The number of carbonyl (C=O) groups is 1. The number of nitrogens with one attached hydrogen (secondary N) is 1. The van der Waals surface area contributed by atoms with Crippen LogP contribution in [0.25, 0.3) is 0 Å². The number of anilines is 1. The summed E-state index contributed by atoms with van der Waals surface area (Å²) in [6.07, 6.45) is 0.610. The molecule has 4 heteroatoms. The summed E-state index contributed by atoms with van der Waals surface area (Å²) >= 11 is 0. The maximum Gasteiger partial charge on any atom is 0.223 e. The van der Waals surface area contributed by atoms with Crippen molar-refractivity contribution in [2.45, 2.75) is 13.3 Å². The van der Waals surface area contributed by atoms with E-state index in [4.69, 9.17) is 0 Å². The van der Waals surface area contributed by atoms with E-state index in [1.165, 1.54) is 5.69 Å². The monoisotopic (exact) mass is 261 g/mol. The summed E-state index contributed by atoms with van der Waals surface area (Å²) in [7, 11) is 0. The Kier molecular flexibility index (Phi) is 5.21. The Labute approximate surface area is 115 Å². The molecule has 1 aromatic rings. The fraction of sp³-hybridized carbons (Fsp3) is 0.533. The van der Waals surface area contributed by atoms with Gasteiger partial charge in [-0.3, -0.25) is 4.79 Å². The van der Waals surface area contributed by atoms with Crippen molar-refractivity contribution in [1.29, 1.82) is 0 Å². The van der Waals surface area contributed by atoms with Gasteiger partial charge in [0.15, 0.2) is 0 Å². The summed E-state index contributed by atoms with van der Waals surface area (Å²) in [6.45, 7) is 7.29. The molecule has 1 aliphatic rings. The van der Waals surface area contributed by atoms with Gasteiger partial charge in [0, 0.05) is 44.8 Å². The van der Waals surface area contributed by atoms with Crippen LogP contribution in [0.4, 0.5) is 5.69 Å². The third kappa shape index (κ3) is 3.96. The van der Waals surface area contributed by atoms with E-state index in [2.05, 4.69) is 41.4 Å². The molecule has 1 saturated heterocycles. The van der Waals surface area contributed by atoms with E-state index in [1.807, 2.05) is 11.0 Å². The molecule has 1 N–H and O–H groups in total. The molecule has 104 valence electrons. The number of benzene rings is 1. The molecule has 0 unspecified atom stereocenters. The van der Waals surface area contributed by atoms with E-state index in [-0.39, 0.29) is 5.91 Å². The molecule has 0 radical (unpaired) electrons. The first-order chi connectivity index (χ1) is 9.31. The first kappa shape index (κ1) is 13.9. The number of piperazine rings is 1. The van der Waals surface area contributed by atoms with E-state index in [1.54, 1.807) is 0 Å². The molecule has 1 fully saturated rings. The molecule has 4 nitrogen and oxygen atoms in total. The zero-order valence-electron chi connectivity index (χ0n) is 11.6. The zero-order chi connectivity index (χ0) is 13.5. The van der Waals surface area contributed by atoms with Crippen LogP contribution in [0.5, 0.6) is 0 Å². The van der Waals surface area contributed by atoms with Gasteiger partial charge in [0.05, 0.1) is 0 Å². The zero-order valence-corrected chi connectivity index (χ0v) is 11.6. The topological polar surface area (TPSA) is 35.6 Å². The van der Waals surface area contributed by atoms with E-state index < -0.39 is 0 Å². The quantitative estimate of drug-likeness (QED) is 0.812. The lowest BCUT2D eigenvalue weighted by Crippen LogP contribution is -2.49. The lowest BCUT2D eigenvalue weighted by Gasteiger charge is -2.36. The third-order valence-corrected chi connectivity index (χ3v) is 3.52. The van der Waals surface area contributed by atoms with E-state index >= 15 is 0 Å². The van der Waals surface area contributed by atoms with Crippen molar-refractivity contribution >= 4 is 11.6 Å². The summed E-state index contributed by atoms with van der Waals surface area (Å²) < 4.78 is 0. The largest absolute Gasteiger partial charge is 0.368 e. The normalized spacial score (nSPS) is 15.6. The predicted molar refractivity (Wildman–Crippen MR) is 78.4 cm³/mol. The van der Waals surface area contributed by atoms with Crippen LogP contribution in [0.2, 0.25) is 0 Å². The van der Waals surface area contributed by atoms with Gasteiger partial charge in [-0.15, -0.1) is 0 Å². The van der Waals surface area contributed by atoms with Crippen molar-refractivity contribution in [3.8, 4) is 0 Å². The van der Waals surface area contributed by atoms with Gasteiger partial charge in [-0.25, -0.2) is 0 Å². The third-order valence-electron chi connectivity index (χ3n) is 3.52. The van der Waals surface area contributed by atoms with Crippen molar-refractivity contribution in [2.75, 3.05) is 44.2 Å². The standard InChI is InChI=1S/C15H23N3O/c1-2-16-9-8-15(19)18-12-10-17(11-13-18)14-6-4-3-5-7-14/h3-7,16H,2,8-13H2,1H3. The highest BCUT2D eigenvalue weighted by atomic mass is 16.2. The Balaban J connectivity index is 1.77. The Bertz CT molecular complexity index is 386. The minimum atomic E-state index is 0.272. The molecule has 0 aliphatic carbocycles. The number of carbonyl (C=O) groups excluding carboxylic acids is 1. The molecule has 1 aliphatic heterocycles. The molecule has 2 rings (SSSR count). The fourth-order valence-corrected chi connectivity index (χ4v) is 2.38. The van der Waals surface area contributed by atoms with Crippen LogP contribution in [0, 0.1) is 0 Å². The van der Waals surface area contributed by atoms with Crippen LogP contribution in [0.1, 0.15) is 13.3 Å². The van der Waals surface area contributed by atoms with Crippen molar-refractivity contribution in [1.82, 2.24) is 10.2 Å².